The number of esters is 2. The Morgan fingerprint density at radius 3 is 2.71 bits per heavy atom. The standard InChI is InChI=1S/C16H26NO4/c1-4-17(3,5-2)6-7-20-15(18)13-10-8-11-12(9-10)21-16(19)14(11)13/h10-14H,4-9H2,1-3H3/q+1/t10-,11+,12-,13+,14+/m1/s1. The zero-order valence-corrected chi connectivity index (χ0v) is 13.2. The van der Waals surface area contributed by atoms with Crippen LogP contribution >= 0.6 is 0 Å². The molecule has 5 atom stereocenters. The summed E-state index contributed by atoms with van der Waals surface area (Å²) in [6.45, 7) is 7.62. The molecule has 0 aromatic heterocycles. The number of ether oxygens (including phenoxy) is 2. The van der Waals surface area contributed by atoms with E-state index in [-0.39, 0.29) is 35.8 Å². The van der Waals surface area contributed by atoms with E-state index in [4.69, 9.17) is 9.47 Å². The summed E-state index contributed by atoms with van der Waals surface area (Å²) >= 11 is 0. The molecule has 0 N–H and O–H groups in total. The Morgan fingerprint density at radius 2 is 2.05 bits per heavy atom. The summed E-state index contributed by atoms with van der Waals surface area (Å²) in [5.41, 5.74) is 0. The van der Waals surface area contributed by atoms with Crippen LogP contribution in [0.25, 0.3) is 0 Å². The Balaban J connectivity index is 1.56. The van der Waals surface area contributed by atoms with Crippen molar-refractivity contribution in [3.05, 3.63) is 0 Å². The molecule has 2 saturated carbocycles. The molecule has 5 nitrogen and oxygen atoms in total. The van der Waals surface area contributed by atoms with Crippen molar-refractivity contribution >= 4 is 11.9 Å². The second-order valence-electron chi connectivity index (χ2n) is 7.07. The maximum atomic E-state index is 12.4. The maximum absolute atomic E-state index is 12.4. The highest BCUT2D eigenvalue weighted by molar-refractivity contribution is 5.85. The first-order chi connectivity index (χ1) is 9.99. The van der Waals surface area contributed by atoms with E-state index in [0.29, 0.717) is 12.5 Å². The SMILES string of the molecule is CC[N+](C)(CC)CCOC(=O)[C@H]1[C@@H]2C[C@@H]3[C@@H]1C(=O)O[C@@H]3C2. The molecule has 1 heterocycles. The lowest BCUT2D eigenvalue weighted by Gasteiger charge is -2.32. The predicted molar refractivity (Wildman–Crippen MR) is 76.2 cm³/mol. The van der Waals surface area contributed by atoms with Crippen LogP contribution < -0.4 is 0 Å². The number of hydrogen-bond acceptors (Lipinski definition) is 4. The summed E-state index contributed by atoms with van der Waals surface area (Å²) in [4.78, 5) is 24.3. The smallest absolute Gasteiger partial charge is 0.310 e. The number of fused-ring (bicyclic) bond motifs is 1. The molecule has 0 aromatic carbocycles. The zero-order valence-electron chi connectivity index (χ0n) is 13.2. The number of quaternary nitrogens is 1. The van der Waals surface area contributed by atoms with E-state index in [1.54, 1.807) is 0 Å². The second-order valence-corrected chi connectivity index (χ2v) is 7.07. The molecular formula is C16H26NO4+. The van der Waals surface area contributed by atoms with Gasteiger partial charge in [0.1, 0.15) is 19.3 Å². The van der Waals surface area contributed by atoms with Crippen molar-refractivity contribution in [1.29, 1.82) is 0 Å². The van der Waals surface area contributed by atoms with Crippen LogP contribution in [-0.4, -0.2) is 55.8 Å². The highest BCUT2D eigenvalue weighted by Crippen LogP contribution is 2.57. The Labute approximate surface area is 126 Å². The summed E-state index contributed by atoms with van der Waals surface area (Å²) in [7, 11) is 2.17. The minimum absolute atomic E-state index is 0.0803. The van der Waals surface area contributed by atoms with Crippen LogP contribution in [0.15, 0.2) is 0 Å². The first-order valence-corrected chi connectivity index (χ1v) is 8.19. The van der Waals surface area contributed by atoms with Gasteiger partial charge in [0.2, 0.25) is 0 Å². The molecule has 5 heteroatoms. The van der Waals surface area contributed by atoms with Gasteiger partial charge in [0.15, 0.2) is 0 Å². The van der Waals surface area contributed by atoms with Crippen LogP contribution in [0.1, 0.15) is 26.7 Å². The topological polar surface area (TPSA) is 52.6 Å². The molecule has 0 radical (unpaired) electrons. The van der Waals surface area contributed by atoms with E-state index in [1.807, 2.05) is 0 Å². The predicted octanol–water partition coefficient (Wildman–Crippen LogP) is 1.21. The van der Waals surface area contributed by atoms with Gasteiger partial charge < -0.3 is 14.0 Å². The molecule has 0 unspecified atom stereocenters. The van der Waals surface area contributed by atoms with E-state index in [9.17, 15) is 9.59 Å². The Kier molecular flexibility index (Phi) is 3.72. The third kappa shape index (κ3) is 2.35. The lowest BCUT2D eigenvalue weighted by Crippen LogP contribution is -2.46. The van der Waals surface area contributed by atoms with E-state index >= 15 is 0 Å². The Bertz CT molecular complexity index is 444. The van der Waals surface area contributed by atoms with Crippen LogP contribution in [0.2, 0.25) is 0 Å². The lowest BCUT2D eigenvalue weighted by molar-refractivity contribution is -0.906. The monoisotopic (exact) mass is 296 g/mol. The third-order valence-corrected chi connectivity index (χ3v) is 6.16. The average molecular weight is 296 g/mol. The van der Waals surface area contributed by atoms with Crippen LogP contribution in [0.3, 0.4) is 0 Å². The summed E-state index contributed by atoms with van der Waals surface area (Å²) in [5, 5.41) is 0. The van der Waals surface area contributed by atoms with Crippen LogP contribution in [0.5, 0.6) is 0 Å². The molecule has 1 saturated heterocycles. The van der Waals surface area contributed by atoms with Crippen molar-refractivity contribution in [3.63, 3.8) is 0 Å². The zero-order chi connectivity index (χ0) is 15.2. The van der Waals surface area contributed by atoms with Gasteiger partial charge in [-0.05, 0) is 32.6 Å². The number of likely N-dealkylation sites (N-methyl/N-ethyl adjacent to an activating group) is 1. The minimum Gasteiger partial charge on any atom is -0.462 e. The molecule has 21 heavy (non-hydrogen) atoms. The quantitative estimate of drug-likeness (QED) is 0.546. The van der Waals surface area contributed by atoms with E-state index in [1.165, 1.54) is 0 Å². The molecule has 1 aliphatic heterocycles. The molecule has 2 bridgehead atoms. The van der Waals surface area contributed by atoms with Gasteiger partial charge in [-0.25, -0.2) is 0 Å². The second kappa shape index (κ2) is 5.27. The van der Waals surface area contributed by atoms with E-state index < -0.39 is 0 Å². The van der Waals surface area contributed by atoms with Gasteiger partial charge in [-0.1, -0.05) is 0 Å². The first-order valence-electron chi connectivity index (χ1n) is 8.19. The molecule has 3 fully saturated rings. The summed E-state index contributed by atoms with van der Waals surface area (Å²) in [6, 6.07) is 0. The first kappa shape index (κ1) is 14.8. The normalized spacial score (nSPS) is 36.9. The van der Waals surface area contributed by atoms with Gasteiger partial charge in [-0.15, -0.1) is 0 Å². The fourth-order valence-electron chi connectivity index (χ4n) is 4.33. The molecule has 0 aromatic rings. The number of carbonyl (C=O) groups excluding carboxylic acids is 2. The Morgan fingerprint density at radius 1 is 1.33 bits per heavy atom. The van der Waals surface area contributed by atoms with Crippen molar-refractivity contribution in [2.24, 2.45) is 23.7 Å². The molecular weight excluding hydrogens is 270 g/mol. The average Bonchev–Trinajstić information content (AvgIpc) is 3.08. The van der Waals surface area contributed by atoms with Crippen molar-refractivity contribution in [1.82, 2.24) is 0 Å². The minimum atomic E-state index is -0.247. The maximum Gasteiger partial charge on any atom is 0.310 e. The van der Waals surface area contributed by atoms with Crippen LogP contribution in [0, 0.1) is 23.7 Å². The summed E-state index contributed by atoms with van der Waals surface area (Å²) in [6.07, 6.45) is 1.89. The molecule has 3 aliphatic rings. The number of rotatable bonds is 6. The molecule has 3 rings (SSSR count). The van der Waals surface area contributed by atoms with Gasteiger partial charge in [-0.2, -0.15) is 0 Å². The lowest BCUT2D eigenvalue weighted by atomic mass is 9.80. The number of carbonyl (C=O) groups is 2. The fraction of sp³-hybridized carbons (Fsp3) is 0.875. The van der Waals surface area contributed by atoms with Crippen molar-refractivity contribution in [3.8, 4) is 0 Å². The largest absolute Gasteiger partial charge is 0.462 e. The van der Waals surface area contributed by atoms with E-state index in [0.717, 1.165) is 37.0 Å². The van der Waals surface area contributed by atoms with Gasteiger partial charge in [0, 0.05) is 5.92 Å². The fourth-order valence-corrected chi connectivity index (χ4v) is 4.33. The highest BCUT2D eigenvalue weighted by Gasteiger charge is 2.64. The summed E-state index contributed by atoms with van der Waals surface area (Å²) < 4.78 is 11.8. The summed E-state index contributed by atoms with van der Waals surface area (Å²) in [5.74, 6) is -0.254. The van der Waals surface area contributed by atoms with Gasteiger partial charge in [-0.3, -0.25) is 9.59 Å². The van der Waals surface area contributed by atoms with Gasteiger partial charge >= 0.3 is 11.9 Å². The molecule has 2 aliphatic carbocycles. The van der Waals surface area contributed by atoms with Crippen molar-refractivity contribution < 1.29 is 23.5 Å². The van der Waals surface area contributed by atoms with Crippen molar-refractivity contribution in [2.75, 3.05) is 33.3 Å². The van der Waals surface area contributed by atoms with Crippen LogP contribution in [-0.2, 0) is 19.1 Å². The number of nitrogens with zero attached hydrogens (tertiary/aromatic N) is 1. The molecule has 118 valence electrons. The van der Waals surface area contributed by atoms with Crippen molar-refractivity contribution in [2.45, 2.75) is 32.8 Å². The Hall–Kier alpha value is -1.10. The molecule has 0 spiro atoms. The van der Waals surface area contributed by atoms with Gasteiger partial charge in [0.25, 0.3) is 0 Å². The highest BCUT2D eigenvalue weighted by atomic mass is 16.6. The third-order valence-electron chi connectivity index (χ3n) is 6.16. The van der Waals surface area contributed by atoms with Gasteiger partial charge in [0.05, 0.1) is 32.0 Å². The molecule has 0 amide bonds. The van der Waals surface area contributed by atoms with Crippen LogP contribution in [0.4, 0.5) is 0 Å². The number of hydrogen-bond donors (Lipinski definition) is 0. The van der Waals surface area contributed by atoms with E-state index in [2.05, 4.69) is 20.9 Å².